The van der Waals surface area contributed by atoms with Gasteiger partial charge in [-0.3, -0.25) is 0 Å². The van der Waals surface area contributed by atoms with Crippen molar-refractivity contribution >= 4 is 11.9 Å². The quantitative estimate of drug-likeness (QED) is 0.129. The molecular weight excluding hydrogens is 480 g/mol. The van der Waals surface area contributed by atoms with E-state index in [1.165, 1.54) is 24.7 Å². The van der Waals surface area contributed by atoms with Gasteiger partial charge in [0.15, 0.2) is 0 Å². The minimum atomic E-state index is -0.688. The minimum Gasteiger partial charge on any atom is -0.466 e. The average Bonchev–Trinajstić information content (AvgIpc) is 2.93. The van der Waals surface area contributed by atoms with Crippen LogP contribution in [0.3, 0.4) is 0 Å². The van der Waals surface area contributed by atoms with E-state index in [2.05, 4.69) is 50.0 Å². The summed E-state index contributed by atoms with van der Waals surface area (Å²) in [6, 6.07) is 16.9. The molecule has 0 saturated carbocycles. The van der Waals surface area contributed by atoms with Crippen molar-refractivity contribution in [1.82, 2.24) is 0 Å². The predicted octanol–water partition coefficient (Wildman–Crippen LogP) is 5.71. The summed E-state index contributed by atoms with van der Waals surface area (Å²) in [5.41, 5.74) is 1.91. The van der Waals surface area contributed by atoms with Gasteiger partial charge < -0.3 is 18.9 Å². The molecule has 3 aromatic carbocycles. The first kappa shape index (κ1) is 26.9. The third kappa shape index (κ3) is 7.64. The lowest BCUT2D eigenvalue weighted by Gasteiger charge is -2.10. The second-order valence-electron chi connectivity index (χ2n) is 7.21. The zero-order valence-electron chi connectivity index (χ0n) is 20.4. The molecule has 186 valence electrons. The lowest BCUT2D eigenvalue weighted by Crippen LogP contribution is -2.08. The van der Waals surface area contributed by atoms with Crippen LogP contribution >= 0.6 is 0 Å². The van der Waals surface area contributed by atoms with Crippen molar-refractivity contribution in [2.45, 2.75) is 0 Å². The van der Waals surface area contributed by atoms with Gasteiger partial charge in [0.1, 0.15) is 23.0 Å². The molecule has 0 radical (unpaired) electrons. The van der Waals surface area contributed by atoms with Crippen molar-refractivity contribution in [2.75, 3.05) is 0 Å². The van der Waals surface area contributed by atoms with Gasteiger partial charge in [0.05, 0.1) is 23.7 Å². The number of rotatable bonds is 8. The number of hydrogen-bond acceptors (Lipinski definition) is 6. The summed E-state index contributed by atoms with van der Waals surface area (Å²) in [5.74, 6) is 11.9. The van der Waals surface area contributed by atoms with E-state index in [1.54, 1.807) is 48.5 Å². The summed E-state index contributed by atoms with van der Waals surface area (Å²) < 4.78 is 21.3. The Morgan fingerprint density at radius 1 is 0.579 bits per heavy atom. The topological polar surface area (TPSA) is 71.1 Å². The Labute approximate surface area is 221 Å². The van der Waals surface area contributed by atoms with E-state index in [4.69, 9.17) is 18.9 Å². The largest absolute Gasteiger partial charge is 0.466 e. The van der Waals surface area contributed by atoms with E-state index in [-0.39, 0.29) is 22.6 Å². The maximum Gasteiger partial charge on any atom is 0.335 e. The summed E-state index contributed by atoms with van der Waals surface area (Å²) in [7, 11) is 0. The van der Waals surface area contributed by atoms with Crippen molar-refractivity contribution in [3.63, 3.8) is 0 Å². The van der Waals surface area contributed by atoms with Gasteiger partial charge in [-0.25, -0.2) is 9.59 Å². The Hall–Kier alpha value is -5.72. The standard InChI is InChI=1S/C32H22O6/c1-5-31(33)37-29-21-26(16-10-24-13-19-28(20-14-24)36-8-4)30(38-32(34)6-2)22-25(29)15-9-23-11-17-27(18-12-23)35-7-3/h5-8,11-14,17-22H,1-4H2. The zero-order valence-corrected chi connectivity index (χ0v) is 20.4. The second-order valence-corrected chi connectivity index (χ2v) is 7.21. The van der Waals surface area contributed by atoms with Gasteiger partial charge >= 0.3 is 11.9 Å². The molecule has 0 fully saturated rings. The number of carbonyl (C=O) groups is 2. The van der Waals surface area contributed by atoms with E-state index in [1.807, 2.05) is 0 Å². The fourth-order valence-electron chi connectivity index (χ4n) is 2.93. The monoisotopic (exact) mass is 502 g/mol. The molecule has 0 saturated heterocycles. The number of carbonyl (C=O) groups excluding carboxylic acids is 2. The maximum atomic E-state index is 12.0. The molecule has 6 heteroatoms. The summed E-state index contributed by atoms with van der Waals surface area (Å²) in [6.07, 6.45) is 4.70. The van der Waals surface area contributed by atoms with Gasteiger partial charge in [0, 0.05) is 35.4 Å². The van der Waals surface area contributed by atoms with Gasteiger partial charge in [0.2, 0.25) is 0 Å². The molecule has 0 aliphatic heterocycles. The Kier molecular flexibility index (Phi) is 9.47. The van der Waals surface area contributed by atoms with Crippen LogP contribution in [0.25, 0.3) is 0 Å². The molecule has 0 aliphatic carbocycles. The molecule has 0 heterocycles. The number of benzene rings is 3. The van der Waals surface area contributed by atoms with E-state index < -0.39 is 11.9 Å². The van der Waals surface area contributed by atoms with Crippen molar-refractivity contribution in [1.29, 1.82) is 0 Å². The van der Waals surface area contributed by atoms with Crippen molar-refractivity contribution in [3.8, 4) is 46.7 Å². The van der Waals surface area contributed by atoms with Crippen LogP contribution in [0.4, 0.5) is 0 Å². The Balaban J connectivity index is 2.07. The molecule has 0 aromatic heterocycles. The summed E-state index contributed by atoms with van der Waals surface area (Å²) >= 11 is 0. The van der Waals surface area contributed by atoms with Crippen LogP contribution in [0.5, 0.6) is 23.0 Å². The normalized spacial score (nSPS) is 9.26. The lowest BCUT2D eigenvalue weighted by atomic mass is 10.1. The SMILES string of the molecule is C=COc1ccc(C#Cc2cc(OC(=O)C=C)c(C#Cc3ccc(OC=C)cc3)cc2OC(=O)C=C)cc1. The van der Waals surface area contributed by atoms with E-state index in [9.17, 15) is 9.59 Å². The molecular formula is C32H22O6. The van der Waals surface area contributed by atoms with Crippen LogP contribution in [0.1, 0.15) is 22.3 Å². The highest BCUT2D eigenvalue weighted by atomic mass is 16.5. The highest BCUT2D eigenvalue weighted by Crippen LogP contribution is 2.29. The molecule has 0 amide bonds. The van der Waals surface area contributed by atoms with Crippen LogP contribution in [-0.4, -0.2) is 11.9 Å². The summed E-state index contributed by atoms with van der Waals surface area (Å²) in [6.45, 7) is 13.9. The molecule has 0 aliphatic rings. The molecule has 38 heavy (non-hydrogen) atoms. The Morgan fingerprint density at radius 2 is 0.947 bits per heavy atom. The van der Waals surface area contributed by atoms with Gasteiger partial charge in [0.25, 0.3) is 0 Å². The van der Waals surface area contributed by atoms with Crippen LogP contribution in [-0.2, 0) is 9.59 Å². The lowest BCUT2D eigenvalue weighted by molar-refractivity contribution is -0.130. The molecule has 6 nitrogen and oxygen atoms in total. The molecule has 3 aromatic rings. The van der Waals surface area contributed by atoms with Crippen LogP contribution in [0.2, 0.25) is 0 Å². The van der Waals surface area contributed by atoms with Gasteiger partial charge in [-0.05, 0) is 48.5 Å². The summed E-state index contributed by atoms with van der Waals surface area (Å²) in [5, 5.41) is 0. The van der Waals surface area contributed by atoms with Crippen molar-refractivity contribution < 1.29 is 28.5 Å². The molecule has 0 N–H and O–H groups in total. The van der Waals surface area contributed by atoms with E-state index in [0.29, 0.717) is 22.6 Å². The second kappa shape index (κ2) is 13.4. The summed E-state index contributed by atoms with van der Waals surface area (Å²) in [4.78, 5) is 24.1. The Morgan fingerprint density at radius 3 is 1.26 bits per heavy atom. The third-order valence-electron chi connectivity index (χ3n) is 4.67. The minimum absolute atomic E-state index is 0.117. The van der Waals surface area contributed by atoms with Crippen molar-refractivity contribution in [3.05, 3.63) is 134 Å². The molecule has 0 spiro atoms. The van der Waals surface area contributed by atoms with Gasteiger partial charge in [-0.2, -0.15) is 0 Å². The third-order valence-corrected chi connectivity index (χ3v) is 4.67. The zero-order chi connectivity index (χ0) is 27.3. The highest BCUT2D eigenvalue weighted by Gasteiger charge is 2.14. The maximum absolute atomic E-state index is 12.0. The Bertz CT molecular complexity index is 1390. The van der Waals surface area contributed by atoms with Crippen LogP contribution in [0.15, 0.2) is 112 Å². The number of hydrogen-bond donors (Lipinski definition) is 0. The first-order valence-corrected chi connectivity index (χ1v) is 11.1. The fourth-order valence-corrected chi connectivity index (χ4v) is 2.93. The van der Waals surface area contributed by atoms with Crippen molar-refractivity contribution in [2.24, 2.45) is 0 Å². The molecule has 0 bridgehead atoms. The predicted molar refractivity (Wildman–Crippen MR) is 145 cm³/mol. The number of esters is 2. The first-order chi connectivity index (χ1) is 18.4. The molecule has 3 rings (SSSR count). The highest BCUT2D eigenvalue weighted by molar-refractivity contribution is 5.85. The molecule has 0 atom stereocenters. The van der Waals surface area contributed by atoms with E-state index >= 15 is 0 Å². The fraction of sp³-hybridized carbons (Fsp3) is 0. The smallest absolute Gasteiger partial charge is 0.335 e. The average molecular weight is 503 g/mol. The first-order valence-electron chi connectivity index (χ1n) is 11.1. The van der Waals surface area contributed by atoms with Gasteiger partial charge in [-0.1, -0.05) is 50.0 Å². The van der Waals surface area contributed by atoms with Gasteiger partial charge in [-0.15, -0.1) is 0 Å². The number of ether oxygens (including phenoxy) is 4. The van der Waals surface area contributed by atoms with Crippen LogP contribution < -0.4 is 18.9 Å². The van der Waals surface area contributed by atoms with Crippen LogP contribution in [0, 0.1) is 23.7 Å². The molecule has 0 unspecified atom stereocenters. The van der Waals surface area contributed by atoms with E-state index in [0.717, 1.165) is 12.2 Å².